The molecule has 1 aliphatic rings. The SMILES string of the molecule is CCC(N)C(c1cccc(F)c1)N1CCSCC1C. The minimum Gasteiger partial charge on any atom is -0.326 e. The lowest BCUT2D eigenvalue weighted by Gasteiger charge is -2.42. The van der Waals surface area contributed by atoms with E-state index in [2.05, 4.69) is 18.7 Å². The van der Waals surface area contributed by atoms with Crippen molar-refractivity contribution < 1.29 is 4.39 Å². The van der Waals surface area contributed by atoms with Crippen molar-refractivity contribution in [3.63, 3.8) is 0 Å². The molecule has 4 heteroatoms. The Morgan fingerprint density at radius 2 is 2.32 bits per heavy atom. The molecular formula is C15H23FN2S. The summed E-state index contributed by atoms with van der Waals surface area (Å²) in [6, 6.07) is 7.57. The van der Waals surface area contributed by atoms with Crippen molar-refractivity contribution in [3.8, 4) is 0 Å². The van der Waals surface area contributed by atoms with Gasteiger partial charge in [-0.3, -0.25) is 4.90 Å². The molecule has 2 rings (SSSR count). The van der Waals surface area contributed by atoms with Crippen LogP contribution in [0.15, 0.2) is 24.3 Å². The summed E-state index contributed by atoms with van der Waals surface area (Å²) in [4.78, 5) is 2.44. The highest BCUT2D eigenvalue weighted by molar-refractivity contribution is 7.99. The van der Waals surface area contributed by atoms with E-state index in [0.717, 1.165) is 30.0 Å². The number of rotatable bonds is 4. The summed E-state index contributed by atoms with van der Waals surface area (Å²) in [6.07, 6.45) is 0.900. The predicted octanol–water partition coefficient (Wildman–Crippen LogP) is 3.04. The van der Waals surface area contributed by atoms with Crippen molar-refractivity contribution in [2.75, 3.05) is 18.1 Å². The molecule has 1 heterocycles. The second-order valence-electron chi connectivity index (χ2n) is 5.23. The minimum absolute atomic E-state index is 0.0485. The third-order valence-electron chi connectivity index (χ3n) is 3.84. The first-order valence-electron chi connectivity index (χ1n) is 6.98. The van der Waals surface area contributed by atoms with E-state index in [1.165, 1.54) is 6.07 Å². The Balaban J connectivity index is 2.29. The summed E-state index contributed by atoms with van der Waals surface area (Å²) >= 11 is 1.99. The molecule has 1 aliphatic heterocycles. The van der Waals surface area contributed by atoms with Gasteiger partial charge in [0.15, 0.2) is 0 Å². The smallest absolute Gasteiger partial charge is 0.123 e. The number of halogens is 1. The van der Waals surface area contributed by atoms with Crippen LogP contribution in [0.4, 0.5) is 4.39 Å². The summed E-state index contributed by atoms with van der Waals surface area (Å²) in [7, 11) is 0. The number of nitrogens with zero attached hydrogens (tertiary/aromatic N) is 1. The van der Waals surface area contributed by atoms with E-state index in [1.807, 2.05) is 17.8 Å². The van der Waals surface area contributed by atoms with Crippen molar-refractivity contribution in [3.05, 3.63) is 35.6 Å². The van der Waals surface area contributed by atoms with Crippen LogP contribution in [0.3, 0.4) is 0 Å². The summed E-state index contributed by atoms with van der Waals surface area (Å²) in [6.45, 7) is 5.36. The van der Waals surface area contributed by atoms with E-state index in [9.17, 15) is 4.39 Å². The highest BCUT2D eigenvalue weighted by Gasteiger charge is 2.31. The Labute approximate surface area is 119 Å². The van der Waals surface area contributed by atoms with E-state index < -0.39 is 0 Å². The van der Waals surface area contributed by atoms with Crippen LogP contribution in [0.2, 0.25) is 0 Å². The first kappa shape index (κ1) is 14.8. The quantitative estimate of drug-likeness (QED) is 0.920. The van der Waals surface area contributed by atoms with Gasteiger partial charge >= 0.3 is 0 Å². The van der Waals surface area contributed by atoms with E-state index in [4.69, 9.17) is 5.73 Å². The molecule has 1 aromatic rings. The molecule has 106 valence electrons. The van der Waals surface area contributed by atoms with Crippen LogP contribution in [0.25, 0.3) is 0 Å². The molecule has 2 N–H and O–H groups in total. The second kappa shape index (κ2) is 6.73. The fraction of sp³-hybridized carbons (Fsp3) is 0.600. The maximum absolute atomic E-state index is 13.5. The average molecular weight is 282 g/mol. The van der Waals surface area contributed by atoms with Crippen LogP contribution in [0, 0.1) is 5.82 Å². The Kier molecular flexibility index (Phi) is 5.25. The van der Waals surface area contributed by atoms with Crippen molar-refractivity contribution in [1.82, 2.24) is 4.90 Å². The van der Waals surface area contributed by atoms with E-state index in [-0.39, 0.29) is 17.9 Å². The van der Waals surface area contributed by atoms with Gasteiger partial charge in [-0.1, -0.05) is 19.1 Å². The zero-order chi connectivity index (χ0) is 13.8. The van der Waals surface area contributed by atoms with Crippen LogP contribution in [0.5, 0.6) is 0 Å². The van der Waals surface area contributed by atoms with Crippen molar-refractivity contribution in [1.29, 1.82) is 0 Å². The van der Waals surface area contributed by atoms with E-state index in [0.29, 0.717) is 6.04 Å². The lowest BCUT2D eigenvalue weighted by Crippen LogP contribution is -2.49. The van der Waals surface area contributed by atoms with Crippen molar-refractivity contribution in [2.24, 2.45) is 5.73 Å². The van der Waals surface area contributed by atoms with Gasteiger partial charge in [0.25, 0.3) is 0 Å². The fourth-order valence-corrected chi connectivity index (χ4v) is 3.79. The highest BCUT2D eigenvalue weighted by Crippen LogP contribution is 2.31. The molecule has 19 heavy (non-hydrogen) atoms. The standard InChI is InChI=1S/C15H23FN2S/c1-3-14(17)15(12-5-4-6-13(16)9-12)18-7-8-19-10-11(18)2/h4-6,9,11,14-15H,3,7-8,10,17H2,1-2H3. The zero-order valence-electron chi connectivity index (χ0n) is 11.7. The third-order valence-corrected chi connectivity index (χ3v) is 5.03. The van der Waals surface area contributed by atoms with Crippen LogP contribution in [0.1, 0.15) is 31.9 Å². The normalized spacial score (nSPS) is 24.1. The van der Waals surface area contributed by atoms with Gasteiger partial charge in [0, 0.05) is 30.1 Å². The average Bonchev–Trinajstić information content (AvgIpc) is 2.41. The Hall–Kier alpha value is -0.580. The van der Waals surface area contributed by atoms with Gasteiger partial charge in [0.05, 0.1) is 6.04 Å². The van der Waals surface area contributed by atoms with Gasteiger partial charge in [0.1, 0.15) is 5.82 Å². The van der Waals surface area contributed by atoms with Crippen LogP contribution >= 0.6 is 11.8 Å². The molecule has 0 spiro atoms. The maximum Gasteiger partial charge on any atom is 0.123 e. The predicted molar refractivity (Wildman–Crippen MR) is 80.9 cm³/mol. The zero-order valence-corrected chi connectivity index (χ0v) is 12.5. The first-order valence-corrected chi connectivity index (χ1v) is 8.13. The number of nitrogens with two attached hydrogens (primary N) is 1. The molecule has 1 saturated heterocycles. The molecule has 0 aliphatic carbocycles. The summed E-state index contributed by atoms with van der Waals surface area (Å²) < 4.78 is 13.5. The molecule has 1 fully saturated rings. The monoisotopic (exact) mass is 282 g/mol. The maximum atomic E-state index is 13.5. The van der Waals surface area contributed by atoms with Gasteiger partial charge in [-0.2, -0.15) is 11.8 Å². The Morgan fingerprint density at radius 3 is 2.95 bits per heavy atom. The number of hydrogen-bond acceptors (Lipinski definition) is 3. The van der Waals surface area contributed by atoms with Crippen LogP contribution in [-0.2, 0) is 0 Å². The molecule has 3 atom stereocenters. The second-order valence-corrected chi connectivity index (χ2v) is 6.38. The Bertz CT molecular complexity index is 413. The topological polar surface area (TPSA) is 29.3 Å². The molecule has 0 radical (unpaired) electrons. The third kappa shape index (κ3) is 3.50. The van der Waals surface area contributed by atoms with Crippen LogP contribution < -0.4 is 5.73 Å². The largest absolute Gasteiger partial charge is 0.326 e. The molecular weight excluding hydrogens is 259 g/mol. The van der Waals surface area contributed by atoms with Crippen molar-refractivity contribution in [2.45, 2.75) is 38.4 Å². The van der Waals surface area contributed by atoms with Gasteiger partial charge in [-0.15, -0.1) is 0 Å². The van der Waals surface area contributed by atoms with E-state index in [1.54, 1.807) is 12.1 Å². The molecule has 0 aromatic heterocycles. The van der Waals surface area contributed by atoms with E-state index >= 15 is 0 Å². The summed E-state index contributed by atoms with van der Waals surface area (Å²) in [5, 5.41) is 0. The number of benzene rings is 1. The van der Waals surface area contributed by atoms with Gasteiger partial charge in [0.2, 0.25) is 0 Å². The van der Waals surface area contributed by atoms with Gasteiger partial charge in [-0.25, -0.2) is 4.39 Å². The fourth-order valence-electron chi connectivity index (χ4n) is 2.75. The number of thioether (sulfide) groups is 1. The summed E-state index contributed by atoms with van der Waals surface area (Å²) in [5.41, 5.74) is 7.33. The molecule has 0 amide bonds. The molecule has 2 nitrogen and oxygen atoms in total. The van der Waals surface area contributed by atoms with Gasteiger partial charge < -0.3 is 5.73 Å². The van der Waals surface area contributed by atoms with Crippen molar-refractivity contribution >= 4 is 11.8 Å². The first-order chi connectivity index (χ1) is 9.13. The molecule has 0 saturated carbocycles. The molecule has 1 aromatic carbocycles. The Morgan fingerprint density at radius 1 is 1.53 bits per heavy atom. The molecule has 3 unspecified atom stereocenters. The minimum atomic E-state index is -0.176. The number of hydrogen-bond donors (Lipinski definition) is 1. The highest BCUT2D eigenvalue weighted by atomic mass is 32.2. The lowest BCUT2D eigenvalue weighted by atomic mass is 9.95. The van der Waals surface area contributed by atoms with Gasteiger partial charge in [-0.05, 0) is 31.0 Å². The van der Waals surface area contributed by atoms with Crippen LogP contribution in [-0.4, -0.2) is 35.0 Å². The lowest BCUT2D eigenvalue weighted by molar-refractivity contribution is 0.137. The summed E-state index contributed by atoms with van der Waals surface area (Å²) in [5.74, 6) is 2.08. The molecule has 0 bridgehead atoms.